The highest BCUT2D eigenvalue weighted by molar-refractivity contribution is 5.72. The van der Waals surface area contributed by atoms with Gasteiger partial charge in [-0.3, -0.25) is 4.79 Å². The van der Waals surface area contributed by atoms with Crippen LogP contribution in [0, 0.1) is 5.92 Å². The average molecular weight is 228 g/mol. The fourth-order valence-corrected chi connectivity index (χ4v) is 1.93. The Bertz CT molecular complexity index is 213. The van der Waals surface area contributed by atoms with Crippen molar-refractivity contribution in [2.75, 3.05) is 26.7 Å². The van der Waals surface area contributed by atoms with E-state index in [2.05, 4.69) is 11.9 Å². The lowest BCUT2D eigenvalue weighted by Crippen LogP contribution is -2.36. The van der Waals surface area contributed by atoms with Crippen LogP contribution in [-0.4, -0.2) is 43.7 Å². The predicted molar refractivity (Wildman–Crippen MR) is 64.1 cm³/mol. The maximum Gasteiger partial charge on any atom is 0.308 e. The zero-order valence-electron chi connectivity index (χ0n) is 10.4. The molecule has 1 aliphatic rings. The number of carbonyl (C=O) groups is 1. The van der Waals surface area contributed by atoms with E-state index < -0.39 is 0 Å². The van der Waals surface area contributed by atoms with Crippen LogP contribution >= 0.6 is 0 Å². The van der Waals surface area contributed by atoms with E-state index in [0.29, 0.717) is 6.54 Å². The third kappa shape index (κ3) is 4.49. The van der Waals surface area contributed by atoms with Gasteiger partial charge in [0.15, 0.2) is 0 Å². The monoisotopic (exact) mass is 228 g/mol. The molecule has 2 N–H and O–H groups in total. The van der Waals surface area contributed by atoms with E-state index in [0.717, 1.165) is 38.8 Å². The van der Waals surface area contributed by atoms with Crippen LogP contribution < -0.4 is 5.73 Å². The van der Waals surface area contributed by atoms with Crippen molar-refractivity contribution in [1.82, 2.24) is 4.90 Å². The Kier molecular flexibility index (Phi) is 5.77. The highest BCUT2D eigenvalue weighted by Crippen LogP contribution is 2.15. The largest absolute Gasteiger partial charge is 0.462 e. The molecule has 0 aromatic rings. The van der Waals surface area contributed by atoms with E-state index >= 15 is 0 Å². The molecule has 0 aliphatic carbocycles. The van der Waals surface area contributed by atoms with Gasteiger partial charge in [0.2, 0.25) is 0 Å². The van der Waals surface area contributed by atoms with Gasteiger partial charge in [-0.2, -0.15) is 0 Å². The molecule has 4 heteroatoms. The van der Waals surface area contributed by atoms with Gasteiger partial charge in [-0.25, -0.2) is 0 Å². The molecule has 1 rings (SSSR count). The first-order valence-electron chi connectivity index (χ1n) is 6.22. The first-order valence-corrected chi connectivity index (χ1v) is 6.22. The summed E-state index contributed by atoms with van der Waals surface area (Å²) in [5.41, 5.74) is 5.42. The molecule has 1 unspecified atom stereocenters. The summed E-state index contributed by atoms with van der Waals surface area (Å²) in [5.74, 6) is -0.0637. The van der Waals surface area contributed by atoms with Gasteiger partial charge in [0.1, 0.15) is 6.10 Å². The van der Waals surface area contributed by atoms with Gasteiger partial charge < -0.3 is 15.4 Å². The molecule has 0 bridgehead atoms. The molecule has 0 spiro atoms. The van der Waals surface area contributed by atoms with Crippen LogP contribution in [-0.2, 0) is 9.53 Å². The molecule has 0 aromatic carbocycles. The van der Waals surface area contributed by atoms with Crippen LogP contribution in [0.3, 0.4) is 0 Å². The second-order valence-corrected chi connectivity index (χ2v) is 4.77. The third-order valence-electron chi connectivity index (χ3n) is 3.19. The lowest BCUT2D eigenvalue weighted by atomic mass is 10.0. The molecule has 0 saturated carbocycles. The number of ether oxygens (including phenoxy) is 1. The van der Waals surface area contributed by atoms with Crippen LogP contribution in [0.1, 0.15) is 32.6 Å². The van der Waals surface area contributed by atoms with Crippen LogP contribution in [0.4, 0.5) is 0 Å². The average Bonchev–Trinajstić information content (AvgIpc) is 2.29. The summed E-state index contributed by atoms with van der Waals surface area (Å²) >= 11 is 0. The number of hydrogen-bond donors (Lipinski definition) is 1. The number of carbonyl (C=O) groups excluding carboxylic acids is 1. The Morgan fingerprint density at radius 1 is 1.50 bits per heavy atom. The highest BCUT2D eigenvalue weighted by atomic mass is 16.5. The van der Waals surface area contributed by atoms with E-state index in [-0.39, 0.29) is 18.0 Å². The highest BCUT2D eigenvalue weighted by Gasteiger charge is 2.22. The molecule has 1 fully saturated rings. The summed E-state index contributed by atoms with van der Waals surface area (Å²) in [6, 6.07) is 0. The molecule has 16 heavy (non-hydrogen) atoms. The van der Waals surface area contributed by atoms with Gasteiger partial charge in [0.25, 0.3) is 0 Å². The van der Waals surface area contributed by atoms with Crippen molar-refractivity contribution in [2.45, 2.75) is 38.7 Å². The number of nitrogens with zero attached hydrogens (tertiary/aromatic N) is 1. The fourth-order valence-electron chi connectivity index (χ4n) is 1.93. The number of esters is 1. The Balaban J connectivity index is 2.22. The summed E-state index contributed by atoms with van der Waals surface area (Å²) in [7, 11) is 2.10. The van der Waals surface area contributed by atoms with Crippen molar-refractivity contribution in [1.29, 1.82) is 0 Å². The predicted octanol–water partition coefficient (Wildman–Crippen LogP) is 0.999. The Hall–Kier alpha value is -0.610. The standard InChI is InChI=1S/C12H24N2O2/c1-10(4-3-7-13)12(15)16-11-5-8-14(2)9-6-11/h10-11H,3-9,13H2,1-2H3. The lowest BCUT2D eigenvalue weighted by Gasteiger charge is -2.29. The molecule has 1 saturated heterocycles. The van der Waals surface area contributed by atoms with Crippen LogP contribution in [0.25, 0.3) is 0 Å². The molecule has 0 aromatic heterocycles. The van der Waals surface area contributed by atoms with Crippen molar-refractivity contribution in [3.05, 3.63) is 0 Å². The summed E-state index contributed by atoms with van der Waals surface area (Å²) in [6.45, 7) is 4.61. The number of likely N-dealkylation sites (tertiary alicyclic amines) is 1. The number of rotatable bonds is 5. The van der Waals surface area contributed by atoms with Gasteiger partial charge >= 0.3 is 5.97 Å². The number of hydrogen-bond acceptors (Lipinski definition) is 4. The van der Waals surface area contributed by atoms with Gasteiger partial charge in [-0.1, -0.05) is 6.92 Å². The molecular formula is C12H24N2O2. The molecule has 1 atom stereocenters. The zero-order valence-corrected chi connectivity index (χ0v) is 10.4. The van der Waals surface area contributed by atoms with E-state index in [4.69, 9.17) is 10.5 Å². The minimum absolute atomic E-state index is 0.0109. The Morgan fingerprint density at radius 3 is 2.69 bits per heavy atom. The maximum absolute atomic E-state index is 11.7. The Morgan fingerprint density at radius 2 is 2.12 bits per heavy atom. The maximum atomic E-state index is 11.7. The number of nitrogens with two attached hydrogens (primary N) is 1. The van der Waals surface area contributed by atoms with Gasteiger partial charge in [0, 0.05) is 13.1 Å². The van der Waals surface area contributed by atoms with Crippen molar-refractivity contribution in [3.63, 3.8) is 0 Å². The smallest absolute Gasteiger partial charge is 0.308 e. The first kappa shape index (κ1) is 13.5. The minimum Gasteiger partial charge on any atom is -0.462 e. The van der Waals surface area contributed by atoms with Gasteiger partial charge in [0.05, 0.1) is 5.92 Å². The SMILES string of the molecule is CC(CCCN)C(=O)OC1CCN(C)CC1. The van der Waals surface area contributed by atoms with E-state index in [1.165, 1.54) is 0 Å². The normalized spacial score (nSPS) is 20.7. The first-order chi connectivity index (χ1) is 7.63. The molecule has 1 aliphatic heterocycles. The second-order valence-electron chi connectivity index (χ2n) is 4.77. The van der Waals surface area contributed by atoms with Crippen molar-refractivity contribution in [3.8, 4) is 0 Å². The second kappa shape index (κ2) is 6.86. The summed E-state index contributed by atoms with van der Waals surface area (Å²) < 4.78 is 5.49. The van der Waals surface area contributed by atoms with Gasteiger partial charge in [-0.05, 0) is 39.3 Å². The van der Waals surface area contributed by atoms with E-state index in [9.17, 15) is 4.79 Å². The van der Waals surface area contributed by atoms with Crippen molar-refractivity contribution in [2.24, 2.45) is 11.7 Å². The molecule has 1 heterocycles. The summed E-state index contributed by atoms with van der Waals surface area (Å²) in [4.78, 5) is 14.0. The fraction of sp³-hybridized carbons (Fsp3) is 0.917. The molecule has 94 valence electrons. The zero-order chi connectivity index (χ0) is 12.0. The topological polar surface area (TPSA) is 55.6 Å². The van der Waals surface area contributed by atoms with E-state index in [1.807, 2.05) is 6.92 Å². The molecule has 0 radical (unpaired) electrons. The quantitative estimate of drug-likeness (QED) is 0.713. The van der Waals surface area contributed by atoms with Crippen molar-refractivity contribution >= 4 is 5.97 Å². The van der Waals surface area contributed by atoms with Gasteiger partial charge in [-0.15, -0.1) is 0 Å². The molecule has 4 nitrogen and oxygen atoms in total. The Labute approximate surface area is 98.1 Å². The van der Waals surface area contributed by atoms with Crippen LogP contribution in [0.5, 0.6) is 0 Å². The minimum atomic E-state index is -0.0528. The van der Waals surface area contributed by atoms with E-state index in [1.54, 1.807) is 0 Å². The summed E-state index contributed by atoms with van der Waals surface area (Å²) in [6.07, 6.45) is 3.78. The molecular weight excluding hydrogens is 204 g/mol. The summed E-state index contributed by atoms with van der Waals surface area (Å²) in [5, 5.41) is 0. The third-order valence-corrected chi connectivity index (χ3v) is 3.19. The molecule has 0 amide bonds. The van der Waals surface area contributed by atoms with Crippen LogP contribution in [0.2, 0.25) is 0 Å². The number of piperidine rings is 1. The van der Waals surface area contributed by atoms with Crippen LogP contribution in [0.15, 0.2) is 0 Å². The lowest BCUT2D eigenvalue weighted by molar-refractivity contribution is -0.155. The van der Waals surface area contributed by atoms with Crippen molar-refractivity contribution < 1.29 is 9.53 Å².